The number of aryl methyl sites for hydroxylation is 1. The van der Waals surface area contributed by atoms with Crippen molar-refractivity contribution in [1.82, 2.24) is 0 Å². The maximum atomic E-state index is 11.0. The zero-order chi connectivity index (χ0) is 13.3. The van der Waals surface area contributed by atoms with Crippen LogP contribution in [0.2, 0.25) is 0 Å². The van der Waals surface area contributed by atoms with Gasteiger partial charge in [-0.15, -0.1) is 11.3 Å². The van der Waals surface area contributed by atoms with E-state index in [2.05, 4.69) is 42.3 Å². The third-order valence-corrected chi connectivity index (χ3v) is 5.14. The molecule has 0 fully saturated rings. The molecule has 0 saturated heterocycles. The second-order valence-corrected chi connectivity index (χ2v) is 6.21. The second-order valence-electron chi connectivity index (χ2n) is 5.21. The van der Waals surface area contributed by atoms with Crippen molar-refractivity contribution in [2.24, 2.45) is 5.92 Å². The number of aliphatic hydroxyl groups is 1. The standard InChI is InChI=1S/C17H18OS/c1-2-17(18)14(12-13-6-4-3-5-7-13)8-9-16-15(17)10-11-19-16/h2-7,10-11,14,18H,1,8-9,12H2. The van der Waals surface area contributed by atoms with Crippen LogP contribution in [0.5, 0.6) is 0 Å². The molecule has 1 heterocycles. The minimum Gasteiger partial charge on any atom is -0.381 e. The average molecular weight is 270 g/mol. The Morgan fingerprint density at radius 3 is 2.84 bits per heavy atom. The fraction of sp³-hybridized carbons (Fsp3) is 0.294. The van der Waals surface area contributed by atoms with Crippen LogP contribution in [0.1, 0.15) is 22.4 Å². The van der Waals surface area contributed by atoms with Crippen LogP contribution < -0.4 is 0 Å². The summed E-state index contributed by atoms with van der Waals surface area (Å²) in [5.74, 6) is 0.217. The summed E-state index contributed by atoms with van der Waals surface area (Å²) in [7, 11) is 0. The zero-order valence-corrected chi connectivity index (χ0v) is 11.7. The summed E-state index contributed by atoms with van der Waals surface area (Å²) >= 11 is 1.74. The maximum Gasteiger partial charge on any atom is 0.112 e. The first kappa shape index (κ1) is 12.6. The van der Waals surface area contributed by atoms with Crippen LogP contribution in [0, 0.1) is 5.92 Å². The highest BCUT2D eigenvalue weighted by molar-refractivity contribution is 7.10. The number of hydrogen-bond donors (Lipinski definition) is 1. The number of thiophene rings is 1. The Bertz CT molecular complexity index is 572. The molecule has 98 valence electrons. The summed E-state index contributed by atoms with van der Waals surface area (Å²) in [5, 5.41) is 13.1. The number of benzene rings is 1. The van der Waals surface area contributed by atoms with Crippen LogP contribution in [0.4, 0.5) is 0 Å². The molecule has 0 radical (unpaired) electrons. The molecule has 1 aliphatic carbocycles. The zero-order valence-electron chi connectivity index (χ0n) is 10.9. The predicted molar refractivity (Wildman–Crippen MR) is 80.4 cm³/mol. The highest BCUT2D eigenvalue weighted by Crippen LogP contribution is 2.44. The third kappa shape index (κ3) is 2.15. The van der Waals surface area contributed by atoms with Gasteiger partial charge in [-0.05, 0) is 42.2 Å². The molecular formula is C17H18OS. The molecule has 0 spiro atoms. The minimum atomic E-state index is -0.872. The second kappa shape index (κ2) is 4.95. The van der Waals surface area contributed by atoms with Gasteiger partial charge in [-0.1, -0.05) is 43.0 Å². The van der Waals surface area contributed by atoms with Crippen LogP contribution in [0.15, 0.2) is 54.4 Å². The van der Waals surface area contributed by atoms with Gasteiger partial charge in [0, 0.05) is 10.4 Å². The third-order valence-electron chi connectivity index (χ3n) is 4.16. The topological polar surface area (TPSA) is 20.2 Å². The van der Waals surface area contributed by atoms with Gasteiger partial charge in [0.25, 0.3) is 0 Å². The maximum absolute atomic E-state index is 11.0. The van der Waals surface area contributed by atoms with Gasteiger partial charge in [0.1, 0.15) is 5.60 Å². The number of fused-ring (bicyclic) bond motifs is 1. The summed E-state index contributed by atoms with van der Waals surface area (Å²) in [5.41, 5.74) is 1.48. The van der Waals surface area contributed by atoms with E-state index in [1.54, 1.807) is 17.4 Å². The molecule has 0 amide bonds. The average Bonchev–Trinajstić information content (AvgIpc) is 2.93. The number of rotatable bonds is 3. The largest absolute Gasteiger partial charge is 0.381 e. The fourth-order valence-corrected chi connectivity index (χ4v) is 4.03. The molecule has 3 rings (SSSR count). The van der Waals surface area contributed by atoms with E-state index in [0.717, 1.165) is 24.8 Å². The van der Waals surface area contributed by atoms with E-state index in [-0.39, 0.29) is 5.92 Å². The van der Waals surface area contributed by atoms with Crippen molar-refractivity contribution in [1.29, 1.82) is 0 Å². The summed E-state index contributed by atoms with van der Waals surface area (Å²) in [6, 6.07) is 12.5. The van der Waals surface area contributed by atoms with Gasteiger partial charge in [0.05, 0.1) is 0 Å². The Labute approximate surface area is 118 Å². The van der Waals surface area contributed by atoms with Crippen molar-refractivity contribution in [2.75, 3.05) is 0 Å². The van der Waals surface area contributed by atoms with Gasteiger partial charge < -0.3 is 5.11 Å². The summed E-state index contributed by atoms with van der Waals surface area (Å²) in [6.45, 7) is 3.88. The first-order valence-corrected chi connectivity index (χ1v) is 7.58. The van der Waals surface area contributed by atoms with E-state index >= 15 is 0 Å². The van der Waals surface area contributed by atoms with Crippen molar-refractivity contribution in [3.05, 3.63) is 70.4 Å². The highest BCUT2D eigenvalue weighted by atomic mass is 32.1. The van der Waals surface area contributed by atoms with Gasteiger partial charge in [-0.2, -0.15) is 0 Å². The van der Waals surface area contributed by atoms with E-state index in [1.807, 2.05) is 6.07 Å². The lowest BCUT2D eigenvalue weighted by Gasteiger charge is -2.38. The molecule has 0 aliphatic heterocycles. The lowest BCUT2D eigenvalue weighted by molar-refractivity contribution is 0.0130. The molecule has 1 nitrogen and oxygen atoms in total. The summed E-state index contributed by atoms with van der Waals surface area (Å²) in [4.78, 5) is 1.31. The molecule has 1 aliphatic rings. The van der Waals surface area contributed by atoms with Crippen LogP contribution in [-0.2, 0) is 18.4 Å². The lowest BCUT2D eigenvalue weighted by Crippen LogP contribution is -2.38. The Kier molecular flexibility index (Phi) is 3.29. The van der Waals surface area contributed by atoms with Gasteiger partial charge in [-0.3, -0.25) is 0 Å². The van der Waals surface area contributed by atoms with E-state index < -0.39 is 5.60 Å². The first-order valence-electron chi connectivity index (χ1n) is 6.71. The monoisotopic (exact) mass is 270 g/mol. The molecule has 1 aromatic heterocycles. The summed E-state index contributed by atoms with van der Waals surface area (Å²) < 4.78 is 0. The Morgan fingerprint density at radius 2 is 2.11 bits per heavy atom. The van der Waals surface area contributed by atoms with Gasteiger partial charge in [-0.25, -0.2) is 0 Å². The first-order chi connectivity index (χ1) is 9.24. The number of hydrogen-bond acceptors (Lipinski definition) is 2. The van der Waals surface area contributed by atoms with E-state index in [9.17, 15) is 5.11 Å². The van der Waals surface area contributed by atoms with E-state index in [4.69, 9.17) is 0 Å². The van der Waals surface area contributed by atoms with E-state index in [1.165, 1.54) is 10.4 Å². The Balaban J connectivity index is 1.93. The fourth-order valence-electron chi connectivity index (χ4n) is 3.07. The van der Waals surface area contributed by atoms with Crippen molar-refractivity contribution in [3.8, 4) is 0 Å². The van der Waals surface area contributed by atoms with E-state index in [0.29, 0.717) is 0 Å². The molecule has 2 atom stereocenters. The van der Waals surface area contributed by atoms with Crippen molar-refractivity contribution in [3.63, 3.8) is 0 Å². The summed E-state index contributed by atoms with van der Waals surface area (Å²) in [6.07, 6.45) is 4.72. The Hall–Kier alpha value is -1.38. The van der Waals surface area contributed by atoms with Crippen molar-refractivity contribution >= 4 is 11.3 Å². The quantitative estimate of drug-likeness (QED) is 0.838. The molecule has 1 aromatic carbocycles. The normalized spacial score (nSPS) is 25.8. The highest BCUT2D eigenvalue weighted by Gasteiger charge is 2.40. The minimum absolute atomic E-state index is 0.217. The molecule has 2 aromatic rings. The molecule has 19 heavy (non-hydrogen) atoms. The Morgan fingerprint density at radius 1 is 1.32 bits per heavy atom. The molecule has 2 unspecified atom stereocenters. The molecule has 0 saturated carbocycles. The molecule has 1 N–H and O–H groups in total. The van der Waals surface area contributed by atoms with Crippen LogP contribution in [0.25, 0.3) is 0 Å². The lowest BCUT2D eigenvalue weighted by atomic mass is 9.72. The van der Waals surface area contributed by atoms with Crippen molar-refractivity contribution in [2.45, 2.75) is 24.9 Å². The molecule has 2 heteroatoms. The van der Waals surface area contributed by atoms with Crippen LogP contribution in [0.3, 0.4) is 0 Å². The van der Waals surface area contributed by atoms with Gasteiger partial charge in [0.2, 0.25) is 0 Å². The van der Waals surface area contributed by atoms with Crippen molar-refractivity contribution < 1.29 is 5.11 Å². The van der Waals surface area contributed by atoms with Gasteiger partial charge >= 0.3 is 0 Å². The SMILES string of the molecule is C=CC1(O)c2ccsc2CCC1Cc1ccccc1. The smallest absolute Gasteiger partial charge is 0.112 e. The van der Waals surface area contributed by atoms with Gasteiger partial charge in [0.15, 0.2) is 0 Å². The predicted octanol–water partition coefficient (Wildman–Crippen LogP) is 3.93. The molecule has 0 bridgehead atoms. The molecular weight excluding hydrogens is 252 g/mol. The van der Waals surface area contributed by atoms with Crippen LogP contribution in [-0.4, -0.2) is 5.11 Å². The van der Waals surface area contributed by atoms with Crippen LogP contribution >= 0.6 is 11.3 Å².